The Morgan fingerprint density at radius 3 is 2.04 bits per heavy atom. The molecule has 2 rings (SSSR count). The van der Waals surface area contributed by atoms with Crippen LogP contribution in [0.3, 0.4) is 0 Å². The van der Waals surface area contributed by atoms with Crippen LogP contribution in [-0.2, 0) is 16.0 Å². The number of aryl methyl sites for hydroxylation is 1. The van der Waals surface area contributed by atoms with Gasteiger partial charge in [0.15, 0.2) is 0 Å². The second-order valence-electron chi connectivity index (χ2n) is 8.91. The van der Waals surface area contributed by atoms with Crippen molar-refractivity contribution < 1.29 is 23.5 Å². The van der Waals surface area contributed by atoms with Gasteiger partial charge in [0, 0.05) is 18.2 Å². The molecule has 6 nitrogen and oxygen atoms in total. The summed E-state index contributed by atoms with van der Waals surface area (Å²) in [6, 6.07) is 4.38. The minimum atomic E-state index is -0.731. The third-order valence-corrected chi connectivity index (χ3v) is 4.02. The molecule has 6 heteroatoms. The molecule has 0 fully saturated rings. The van der Waals surface area contributed by atoms with E-state index in [2.05, 4.69) is 0 Å². The van der Waals surface area contributed by atoms with Crippen LogP contribution in [0.4, 0.5) is 0 Å². The lowest BCUT2D eigenvalue weighted by atomic mass is 9.97. The molecule has 152 valence electrons. The molecule has 0 aliphatic rings. The summed E-state index contributed by atoms with van der Waals surface area (Å²) in [7, 11) is 0. The van der Waals surface area contributed by atoms with Crippen molar-refractivity contribution in [3.8, 4) is 11.5 Å². The van der Waals surface area contributed by atoms with Crippen LogP contribution in [0.25, 0.3) is 11.0 Å². The van der Waals surface area contributed by atoms with Crippen molar-refractivity contribution in [2.75, 3.05) is 0 Å². The highest BCUT2D eigenvalue weighted by Crippen LogP contribution is 2.35. The quantitative estimate of drug-likeness (QED) is 0.431. The van der Waals surface area contributed by atoms with Gasteiger partial charge in [-0.15, -0.1) is 0 Å². The number of benzene rings is 1. The molecule has 0 unspecified atom stereocenters. The first kappa shape index (κ1) is 21.7. The number of rotatable bonds is 4. The van der Waals surface area contributed by atoms with Crippen molar-refractivity contribution in [2.45, 2.75) is 61.3 Å². The predicted molar refractivity (Wildman–Crippen MR) is 107 cm³/mol. The van der Waals surface area contributed by atoms with Crippen molar-refractivity contribution in [3.63, 3.8) is 0 Å². The lowest BCUT2D eigenvalue weighted by Gasteiger charge is -2.20. The molecular formula is C22H28O6. The summed E-state index contributed by atoms with van der Waals surface area (Å²) in [6.45, 7) is 12.4. The normalized spacial score (nSPS) is 12.1. The van der Waals surface area contributed by atoms with Crippen LogP contribution in [0.5, 0.6) is 11.5 Å². The Kier molecular flexibility index (Phi) is 6.02. The van der Waals surface area contributed by atoms with Crippen LogP contribution in [0, 0.1) is 10.8 Å². The van der Waals surface area contributed by atoms with Crippen LogP contribution in [0.15, 0.2) is 27.4 Å². The molecule has 0 aliphatic heterocycles. The number of esters is 2. The molecule has 0 radical (unpaired) electrons. The summed E-state index contributed by atoms with van der Waals surface area (Å²) in [5.41, 5.74) is -1.03. The van der Waals surface area contributed by atoms with Gasteiger partial charge in [-0.3, -0.25) is 9.59 Å². The van der Waals surface area contributed by atoms with Gasteiger partial charge in [0.1, 0.15) is 17.1 Å². The van der Waals surface area contributed by atoms with E-state index in [1.807, 2.05) is 6.92 Å². The molecule has 1 heterocycles. The molecule has 0 N–H and O–H groups in total. The largest absolute Gasteiger partial charge is 0.426 e. The first-order chi connectivity index (χ1) is 12.8. The summed E-state index contributed by atoms with van der Waals surface area (Å²) >= 11 is 0. The Labute approximate surface area is 164 Å². The first-order valence-electron chi connectivity index (χ1n) is 9.38. The van der Waals surface area contributed by atoms with Crippen molar-refractivity contribution in [3.05, 3.63) is 34.2 Å². The Morgan fingerprint density at radius 1 is 0.929 bits per heavy atom. The van der Waals surface area contributed by atoms with Gasteiger partial charge in [-0.1, -0.05) is 13.3 Å². The molecule has 0 amide bonds. The zero-order valence-electron chi connectivity index (χ0n) is 17.6. The average Bonchev–Trinajstić information content (AvgIpc) is 2.52. The van der Waals surface area contributed by atoms with Crippen molar-refractivity contribution in [1.82, 2.24) is 0 Å². The van der Waals surface area contributed by atoms with Crippen LogP contribution in [0.1, 0.15) is 60.5 Å². The summed E-state index contributed by atoms with van der Waals surface area (Å²) in [4.78, 5) is 36.7. The zero-order chi connectivity index (χ0) is 21.3. The van der Waals surface area contributed by atoms with Crippen LogP contribution < -0.4 is 15.1 Å². The van der Waals surface area contributed by atoms with Gasteiger partial charge < -0.3 is 13.9 Å². The fourth-order valence-electron chi connectivity index (χ4n) is 2.43. The lowest BCUT2D eigenvalue weighted by Crippen LogP contribution is -2.26. The number of carbonyl (C=O) groups is 2. The number of carbonyl (C=O) groups excluding carboxylic acids is 2. The first-order valence-corrected chi connectivity index (χ1v) is 9.38. The highest BCUT2D eigenvalue weighted by Gasteiger charge is 2.27. The smallest absolute Gasteiger partial charge is 0.336 e. The van der Waals surface area contributed by atoms with E-state index < -0.39 is 28.4 Å². The highest BCUT2D eigenvalue weighted by atomic mass is 16.5. The Hall–Kier alpha value is -2.63. The number of ether oxygens (including phenoxy) is 2. The van der Waals surface area contributed by atoms with E-state index in [0.29, 0.717) is 11.8 Å². The maximum atomic E-state index is 12.5. The van der Waals surface area contributed by atoms with Crippen molar-refractivity contribution in [1.29, 1.82) is 0 Å². The molecule has 28 heavy (non-hydrogen) atoms. The minimum absolute atomic E-state index is 0.154. The average molecular weight is 388 g/mol. The number of hydrogen-bond donors (Lipinski definition) is 0. The van der Waals surface area contributed by atoms with E-state index in [-0.39, 0.29) is 17.1 Å². The van der Waals surface area contributed by atoms with E-state index in [4.69, 9.17) is 13.9 Å². The molecule has 0 bridgehead atoms. The van der Waals surface area contributed by atoms with E-state index in [1.54, 1.807) is 41.5 Å². The highest BCUT2D eigenvalue weighted by molar-refractivity contribution is 5.92. The molecule has 0 atom stereocenters. The standard InChI is InChI=1S/C22H28O6/c1-8-9-13-10-17(23)27-15-11-14(26-19(24)21(2,3)4)12-16(18(13)15)28-20(25)22(5,6)7/h10-12H,8-9H2,1-7H3. The summed E-state index contributed by atoms with van der Waals surface area (Å²) < 4.78 is 16.4. The minimum Gasteiger partial charge on any atom is -0.426 e. The molecule has 0 saturated carbocycles. The van der Waals surface area contributed by atoms with Crippen molar-refractivity contribution in [2.24, 2.45) is 10.8 Å². The van der Waals surface area contributed by atoms with Gasteiger partial charge in [0.25, 0.3) is 0 Å². The molecule has 1 aromatic heterocycles. The Balaban J connectivity index is 2.67. The summed E-state index contributed by atoms with van der Waals surface area (Å²) in [6.07, 6.45) is 1.41. The van der Waals surface area contributed by atoms with Gasteiger partial charge in [0.2, 0.25) is 0 Å². The fraction of sp³-hybridized carbons (Fsp3) is 0.500. The Morgan fingerprint density at radius 2 is 1.50 bits per heavy atom. The SMILES string of the molecule is CCCc1cc(=O)oc2cc(OC(=O)C(C)(C)C)cc(OC(=O)C(C)(C)C)c12. The third-order valence-electron chi connectivity index (χ3n) is 4.02. The third kappa shape index (κ3) is 5.00. The van der Waals surface area contributed by atoms with Gasteiger partial charge >= 0.3 is 17.6 Å². The second-order valence-corrected chi connectivity index (χ2v) is 8.91. The van der Waals surface area contributed by atoms with Crippen LogP contribution >= 0.6 is 0 Å². The molecule has 0 aliphatic carbocycles. The number of fused-ring (bicyclic) bond motifs is 1. The monoisotopic (exact) mass is 388 g/mol. The molecule has 2 aromatic rings. The van der Waals surface area contributed by atoms with E-state index in [1.165, 1.54) is 18.2 Å². The van der Waals surface area contributed by atoms with E-state index in [0.717, 1.165) is 12.0 Å². The van der Waals surface area contributed by atoms with Crippen LogP contribution in [0.2, 0.25) is 0 Å². The predicted octanol–water partition coefficient (Wildman–Crippen LogP) is 4.65. The fourth-order valence-corrected chi connectivity index (χ4v) is 2.43. The number of hydrogen-bond acceptors (Lipinski definition) is 6. The van der Waals surface area contributed by atoms with Gasteiger partial charge in [-0.05, 0) is 53.5 Å². The summed E-state index contributed by atoms with van der Waals surface area (Å²) in [5, 5.41) is 0.537. The van der Waals surface area contributed by atoms with Crippen molar-refractivity contribution >= 4 is 22.9 Å². The van der Waals surface area contributed by atoms with Gasteiger partial charge in [-0.25, -0.2) is 4.79 Å². The second kappa shape index (κ2) is 7.78. The lowest BCUT2D eigenvalue weighted by molar-refractivity contribution is -0.143. The summed E-state index contributed by atoms with van der Waals surface area (Å²) in [5.74, 6) is -0.531. The van der Waals surface area contributed by atoms with Gasteiger partial charge in [0.05, 0.1) is 16.2 Å². The van der Waals surface area contributed by atoms with Crippen LogP contribution in [-0.4, -0.2) is 11.9 Å². The molecule has 0 spiro atoms. The molecule has 1 aromatic carbocycles. The van der Waals surface area contributed by atoms with Gasteiger partial charge in [-0.2, -0.15) is 0 Å². The maximum Gasteiger partial charge on any atom is 0.336 e. The maximum absolute atomic E-state index is 12.5. The zero-order valence-corrected chi connectivity index (χ0v) is 17.6. The topological polar surface area (TPSA) is 82.8 Å². The Bertz CT molecular complexity index is 954. The molecule has 0 saturated heterocycles. The molecular weight excluding hydrogens is 360 g/mol. The van der Waals surface area contributed by atoms with E-state index >= 15 is 0 Å². The van der Waals surface area contributed by atoms with E-state index in [9.17, 15) is 14.4 Å².